The lowest BCUT2D eigenvalue weighted by Gasteiger charge is -2.45. The third-order valence-corrected chi connectivity index (χ3v) is 5.75. The molecule has 2 rings (SSSR count). The van der Waals surface area contributed by atoms with E-state index in [1.54, 1.807) is 6.08 Å². The molecule has 0 spiro atoms. The van der Waals surface area contributed by atoms with Gasteiger partial charge in [-0.05, 0) is 31.8 Å². The number of rotatable bonds is 3. The number of terminal acetylenes is 1. The van der Waals surface area contributed by atoms with E-state index in [9.17, 15) is 0 Å². The second-order valence-electron chi connectivity index (χ2n) is 5.14. The molecule has 0 amide bonds. The van der Waals surface area contributed by atoms with Gasteiger partial charge in [0.2, 0.25) is 0 Å². The minimum atomic E-state index is 0.187. The van der Waals surface area contributed by atoms with Crippen molar-refractivity contribution in [1.29, 1.82) is 0 Å². The van der Waals surface area contributed by atoms with Crippen molar-refractivity contribution in [3.05, 3.63) is 12.2 Å². The van der Waals surface area contributed by atoms with Gasteiger partial charge in [0.15, 0.2) is 0 Å². The van der Waals surface area contributed by atoms with Gasteiger partial charge < -0.3 is 9.47 Å². The number of alkyl halides is 2. The fourth-order valence-corrected chi connectivity index (χ4v) is 4.36. The fraction of sp³-hybridized carbons (Fsp3) is 0.733. The maximum absolute atomic E-state index is 6.19. The summed E-state index contributed by atoms with van der Waals surface area (Å²) >= 11 is 7.44. The van der Waals surface area contributed by atoms with Gasteiger partial charge in [-0.2, -0.15) is 0 Å². The van der Waals surface area contributed by atoms with Crippen molar-refractivity contribution in [2.24, 2.45) is 0 Å². The molecule has 2 nitrogen and oxygen atoms in total. The third-order valence-electron chi connectivity index (χ3n) is 3.82. The zero-order valence-corrected chi connectivity index (χ0v) is 14.3. The van der Waals surface area contributed by atoms with Crippen LogP contribution in [0.3, 0.4) is 0 Å². The summed E-state index contributed by atoms with van der Waals surface area (Å²) in [6.45, 7) is 2.17. The monoisotopic (exact) mass is 390 g/mol. The van der Waals surface area contributed by atoms with E-state index in [4.69, 9.17) is 15.9 Å². The Hall–Kier alpha value is 0.180. The molecular weight excluding hydrogens is 372 g/mol. The van der Waals surface area contributed by atoms with Crippen LogP contribution in [-0.2, 0) is 9.47 Å². The molecule has 0 aromatic rings. The Kier molecular flexibility index (Phi) is 5.95. The summed E-state index contributed by atoms with van der Waals surface area (Å²) in [5.41, 5.74) is 0. The highest BCUT2D eigenvalue weighted by atomic mass is 79.9. The minimum absolute atomic E-state index is 0.187. The Morgan fingerprint density at radius 3 is 2.32 bits per heavy atom. The molecule has 0 aromatic heterocycles. The third kappa shape index (κ3) is 3.85. The van der Waals surface area contributed by atoms with E-state index in [-0.39, 0.29) is 18.3 Å². The van der Waals surface area contributed by atoms with Crippen LogP contribution in [0, 0.1) is 12.3 Å². The van der Waals surface area contributed by atoms with Crippen LogP contribution in [-0.4, -0.2) is 34.1 Å². The predicted molar refractivity (Wildman–Crippen MR) is 84.9 cm³/mol. The van der Waals surface area contributed by atoms with Crippen LogP contribution in [0.15, 0.2) is 12.2 Å². The van der Waals surface area contributed by atoms with Crippen LogP contribution in [0.2, 0.25) is 0 Å². The maximum atomic E-state index is 6.19. The first-order valence-electron chi connectivity index (χ1n) is 6.85. The van der Waals surface area contributed by atoms with Crippen LogP contribution in [0.4, 0.5) is 0 Å². The molecule has 2 saturated heterocycles. The summed E-state index contributed by atoms with van der Waals surface area (Å²) in [5.74, 6) is 2.52. The van der Waals surface area contributed by atoms with E-state index in [1.165, 1.54) is 0 Å². The number of fused-ring (bicyclic) bond motifs is 1. The number of allylic oxidation sites excluding steroid dienone is 1. The molecule has 0 bridgehead atoms. The number of halogens is 2. The molecule has 19 heavy (non-hydrogen) atoms. The lowest BCUT2D eigenvalue weighted by Crippen LogP contribution is -2.53. The minimum Gasteiger partial charge on any atom is -0.371 e. The van der Waals surface area contributed by atoms with E-state index in [0.29, 0.717) is 15.8 Å². The average Bonchev–Trinajstić information content (AvgIpc) is 2.39. The van der Waals surface area contributed by atoms with Crippen LogP contribution >= 0.6 is 31.9 Å². The quantitative estimate of drug-likeness (QED) is 0.537. The molecule has 6 unspecified atom stereocenters. The second kappa shape index (κ2) is 7.26. The van der Waals surface area contributed by atoms with Crippen molar-refractivity contribution in [3.8, 4) is 12.3 Å². The Bertz CT molecular complexity index is 364. The van der Waals surface area contributed by atoms with Crippen LogP contribution in [0.25, 0.3) is 0 Å². The normalized spacial score (nSPS) is 42.8. The van der Waals surface area contributed by atoms with Crippen molar-refractivity contribution < 1.29 is 9.47 Å². The zero-order chi connectivity index (χ0) is 13.8. The van der Waals surface area contributed by atoms with Gasteiger partial charge in [-0.15, -0.1) is 6.42 Å². The Morgan fingerprint density at radius 1 is 1.16 bits per heavy atom. The Morgan fingerprint density at radius 2 is 1.74 bits per heavy atom. The van der Waals surface area contributed by atoms with Gasteiger partial charge in [0.25, 0.3) is 0 Å². The molecule has 2 aliphatic rings. The topological polar surface area (TPSA) is 18.5 Å². The predicted octanol–water partition coefficient (Wildman–Crippen LogP) is 3.82. The summed E-state index contributed by atoms with van der Waals surface area (Å²) < 4.78 is 12.3. The molecule has 2 fully saturated rings. The highest BCUT2D eigenvalue weighted by Crippen LogP contribution is 2.38. The van der Waals surface area contributed by atoms with E-state index in [2.05, 4.69) is 44.7 Å². The second-order valence-corrected chi connectivity index (χ2v) is 7.49. The molecule has 0 radical (unpaired) electrons. The van der Waals surface area contributed by atoms with E-state index >= 15 is 0 Å². The molecule has 0 aliphatic carbocycles. The number of ether oxygens (including phenoxy) is 2. The standard InChI is InChI=1S/C15H20Br2O2/c1-3-5-6-7-13-11(17)9-14-15(19-13)8-10(16)12(4-2)18-14/h1,5-6,10-15H,4,7-9H2,2H3. The molecule has 0 N–H and O–H groups in total. The van der Waals surface area contributed by atoms with Gasteiger partial charge in [-0.25, -0.2) is 0 Å². The van der Waals surface area contributed by atoms with Crippen molar-refractivity contribution in [3.63, 3.8) is 0 Å². The van der Waals surface area contributed by atoms with Gasteiger partial charge >= 0.3 is 0 Å². The van der Waals surface area contributed by atoms with Gasteiger partial charge in [-0.3, -0.25) is 0 Å². The van der Waals surface area contributed by atoms with E-state index in [1.807, 2.05) is 6.08 Å². The van der Waals surface area contributed by atoms with E-state index < -0.39 is 0 Å². The SMILES string of the molecule is C#CC=CCC1OC2CC(Br)C(CC)OC2CC1Br. The summed E-state index contributed by atoms with van der Waals surface area (Å²) in [5, 5.41) is 0. The Labute approximate surface area is 132 Å². The van der Waals surface area contributed by atoms with Crippen LogP contribution < -0.4 is 0 Å². The highest BCUT2D eigenvalue weighted by Gasteiger charge is 2.43. The highest BCUT2D eigenvalue weighted by molar-refractivity contribution is 9.09. The lowest BCUT2D eigenvalue weighted by atomic mass is 9.91. The maximum Gasteiger partial charge on any atom is 0.0853 e. The first-order chi connectivity index (χ1) is 9.15. The molecule has 4 heteroatoms. The zero-order valence-electron chi connectivity index (χ0n) is 11.1. The summed E-state index contributed by atoms with van der Waals surface area (Å²) in [6, 6.07) is 0. The summed E-state index contributed by atoms with van der Waals surface area (Å²) in [7, 11) is 0. The summed E-state index contributed by atoms with van der Waals surface area (Å²) in [4.78, 5) is 0.730. The smallest absolute Gasteiger partial charge is 0.0853 e. The molecule has 2 heterocycles. The first kappa shape index (κ1) is 15.6. The van der Waals surface area contributed by atoms with Crippen molar-refractivity contribution in [2.75, 3.05) is 0 Å². The molecule has 2 aliphatic heterocycles. The van der Waals surface area contributed by atoms with Gasteiger partial charge in [0, 0.05) is 9.65 Å². The Balaban J connectivity index is 1.95. The van der Waals surface area contributed by atoms with Crippen molar-refractivity contribution in [2.45, 2.75) is 66.7 Å². The van der Waals surface area contributed by atoms with Crippen LogP contribution in [0.5, 0.6) is 0 Å². The van der Waals surface area contributed by atoms with Gasteiger partial charge in [-0.1, -0.05) is 50.8 Å². The largest absolute Gasteiger partial charge is 0.371 e. The fourth-order valence-electron chi connectivity index (χ4n) is 2.78. The number of hydrogen-bond donors (Lipinski definition) is 0. The van der Waals surface area contributed by atoms with Gasteiger partial charge in [0.05, 0.1) is 24.4 Å². The molecular formula is C15H20Br2O2. The van der Waals surface area contributed by atoms with Gasteiger partial charge in [0.1, 0.15) is 0 Å². The average molecular weight is 392 g/mol. The molecule has 0 saturated carbocycles. The van der Waals surface area contributed by atoms with Crippen molar-refractivity contribution >= 4 is 31.9 Å². The molecule has 0 aromatic carbocycles. The summed E-state index contributed by atoms with van der Waals surface area (Å²) in [6.07, 6.45) is 13.8. The number of hydrogen-bond acceptors (Lipinski definition) is 2. The van der Waals surface area contributed by atoms with Crippen LogP contribution in [0.1, 0.15) is 32.6 Å². The molecule has 106 valence electrons. The van der Waals surface area contributed by atoms with Crippen molar-refractivity contribution in [1.82, 2.24) is 0 Å². The lowest BCUT2D eigenvalue weighted by molar-refractivity contribution is -0.180. The first-order valence-corrected chi connectivity index (χ1v) is 8.69. The molecule has 6 atom stereocenters. The van der Waals surface area contributed by atoms with E-state index in [0.717, 1.165) is 25.7 Å².